The van der Waals surface area contributed by atoms with Gasteiger partial charge in [0.2, 0.25) is 0 Å². The Morgan fingerprint density at radius 1 is 0.406 bits per heavy atom. The third-order valence-corrected chi connectivity index (χ3v) is 15.8. The van der Waals surface area contributed by atoms with Gasteiger partial charge in [-0.2, -0.15) is 0 Å². The Morgan fingerprint density at radius 3 is 1.52 bits per heavy atom. The normalized spacial score (nSPS) is 17.1. The first kappa shape index (κ1) is 20.3. The number of para-hydroxylation sites is 4. The van der Waals surface area contributed by atoms with Crippen LogP contribution < -0.4 is 20.7 Å². The van der Waals surface area contributed by atoms with E-state index in [0.717, 1.165) is 21.8 Å². The monoisotopic (exact) mass is 855 g/mol. The van der Waals surface area contributed by atoms with Gasteiger partial charge in [0.25, 0.3) is 0 Å². The van der Waals surface area contributed by atoms with Gasteiger partial charge in [0.15, 0.2) is 13.7 Å². The summed E-state index contributed by atoms with van der Waals surface area (Å²) in [6.07, 6.45) is 0. The summed E-state index contributed by atoms with van der Waals surface area (Å²) in [5, 5.41) is -0.210. The molecule has 13 rings (SSSR count). The molecule has 4 heteroatoms. The van der Waals surface area contributed by atoms with Crippen LogP contribution in [-0.4, -0.2) is 17.2 Å². The van der Waals surface area contributed by atoms with Gasteiger partial charge >= 0.3 is 0 Å². The first-order chi connectivity index (χ1) is 41.3. The van der Waals surface area contributed by atoms with Crippen LogP contribution in [0.5, 0.6) is 0 Å². The van der Waals surface area contributed by atoms with Crippen LogP contribution >= 0.6 is 0 Å². The lowest BCUT2D eigenvalue weighted by Crippen LogP contribution is -2.74. The van der Waals surface area contributed by atoms with Crippen molar-refractivity contribution in [3.05, 3.63) is 242 Å². The first-order valence-electron chi connectivity index (χ1n) is 31.6. The first-order valence-corrected chi connectivity index (χ1v) is 22.1. The van der Waals surface area contributed by atoms with Crippen molar-refractivity contribution in [2.24, 2.45) is 0 Å². The Balaban J connectivity index is 1.26. The van der Waals surface area contributed by atoms with Crippen molar-refractivity contribution in [3.63, 3.8) is 0 Å². The highest BCUT2D eigenvalue weighted by atomic mass is 28.3. The van der Waals surface area contributed by atoms with E-state index in [0.29, 0.717) is 49.4 Å². The number of hydrogen-bond acceptors (Lipinski definition) is 1. The molecular formula is C60H40N2OSi. The minimum absolute atomic E-state index is 0.323. The fourth-order valence-electron chi connectivity index (χ4n) is 9.16. The average Bonchev–Trinajstić information content (AvgIpc) is 1.70. The van der Waals surface area contributed by atoms with Crippen LogP contribution in [0.2, 0.25) is 0 Å². The lowest BCUT2D eigenvalue weighted by molar-refractivity contribution is 0.666. The maximum atomic E-state index is 10.5. The van der Waals surface area contributed by atoms with Crippen molar-refractivity contribution in [2.45, 2.75) is 0 Å². The van der Waals surface area contributed by atoms with E-state index in [1.54, 1.807) is 36.4 Å². The molecule has 0 aliphatic carbocycles. The van der Waals surface area contributed by atoms with E-state index in [1.165, 1.54) is 4.57 Å². The second-order valence-corrected chi connectivity index (χ2v) is 18.5. The standard InChI is InChI=1S/C60H40N2OSi/c1-4-19-41(20-5-1)42-21-18-26-47(39-42)64(44-22-6-2-7-23-44,45-24-8-3-9-25-45)46-37-35-43(36-38-46)61-53-31-14-12-29-50(53)52-40-56(60-58(59(52)61)51-30-13-17-34-57(51)63-60)62-54-32-15-10-27-48(54)49-28-11-16-33-55(49)62/h1-40H/i1D,2D,3D,4D,5D,6D,7D,8D,9D,18D,19D,20D,21D,22D,23D,24D,25D,26D,35D,36D,37D,38D,39D. The highest BCUT2D eigenvalue weighted by Gasteiger charge is 2.41. The van der Waals surface area contributed by atoms with E-state index >= 15 is 0 Å². The summed E-state index contributed by atoms with van der Waals surface area (Å²) < 4.78 is 227. The third-order valence-electron chi connectivity index (χ3n) is 11.8. The Labute approximate surface area is 403 Å². The molecule has 13 aromatic rings. The summed E-state index contributed by atoms with van der Waals surface area (Å²) in [5.74, 6) is 0. The van der Waals surface area contributed by atoms with Crippen LogP contribution in [0.3, 0.4) is 0 Å². The molecule has 3 heterocycles. The highest BCUT2D eigenvalue weighted by Crippen LogP contribution is 2.45. The Kier molecular flexibility index (Phi) is 4.59. The molecule has 0 spiro atoms. The maximum absolute atomic E-state index is 10.5. The maximum Gasteiger partial charge on any atom is 0.179 e. The number of aromatic nitrogens is 2. The van der Waals surface area contributed by atoms with Gasteiger partial charge in [-0.3, -0.25) is 0 Å². The van der Waals surface area contributed by atoms with Gasteiger partial charge in [-0.1, -0.05) is 200 Å². The smallest absolute Gasteiger partial charge is 0.179 e. The summed E-state index contributed by atoms with van der Waals surface area (Å²) >= 11 is 0. The van der Waals surface area contributed by atoms with E-state index in [1.807, 2.05) is 66.7 Å². The lowest BCUT2D eigenvalue weighted by atomic mass is 10.1. The molecular weight excluding hydrogens is 793 g/mol. The number of nitrogens with zero attached hydrogens (tertiary/aromatic N) is 2. The van der Waals surface area contributed by atoms with Crippen LogP contribution in [0.4, 0.5) is 0 Å². The minimum atomic E-state index is -6.42. The van der Waals surface area contributed by atoms with Gasteiger partial charge in [-0.25, -0.2) is 0 Å². The second-order valence-electron chi connectivity index (χ2n) is 15.0. The van der Waals surface area contributed by atoms with Crippen LogP contribution in [0.25, 0.3) is 88.1 Å². The van der Waals surface area contributed by atoms with Crippen molar-refractivity contribution in [1.82, 2.24) is 9.13 Å². The zero-order chi connectivity index (χ0) is 62.2. The minimum Gasteiger partial charge on any atom is -0.454 e. The summed E-state index contributed by atoms with van der Waals surface area (Å²) in [7, 11) is -6.42. The predicted molar refractivity (Wildman–Crippen MR) is 271 cm³/mol. The molecule has 3 nitrogen and oxygen atoms in total. The Hall–Kier alpha value is -8.18. The van der Waals surface area contributed by atoms with Crippen molar-refractivity contribution in [2.75, 3.05) is 0 Å². The molecule has 64 heavy (non-hydrogen) atoms. The number of fused-ring (bicyclic) bond motifs is 10. The molecule has 10 aromatic carbocycles. The van der Waals surface area contributed by atoms with E-state index in [4.69, 9.17) is 19.5 Å². The summed E-state index contributed by atoms with van der Waals surface area (Å²) in [4.78, 5) is 0. The summed E-state index contributed by atoms with van der Waals surface area (Å²) in [5.41, 5.74) is 1.40. The molecule has 0 aliphatic heterocycles. The molecule has 0 saturated carbocycles. The number of rotatable bonds is 7. The molecule has 0 amide bonds. The zero-order valence-electron chi connectivity index (χ0n) is 56.1. The van der Waals surface area contributed by atoms with Gasteiger partial charge in [-0.05, 0) is 74.3 Å². The molecule has 0 N–H and O–H groups in total. The van der Waals surface area contributed by atoms with Gasteiger partial charge in [0.1, 0.15) is 5.58 Å². The second kappa shape index (κ2) is 14.5. The Bertz CT molecular complexity index is 5060. The number of benzene rings is 10. The van der Waals surface area contributed by atoms with E-state index in [9.17, 15) is 16.4 Å². The van der Waals surface area contributed by atoms with Gasteiger partial charge < -0.3 is 13.6 Å². The molecule has 300 valence electrons. The van der Waals surface area contributed by atoms with Gasteiger partial charge in [0.05, 0.1) is 64.7 Å². The number of furan rings is 1. The molecule has 0 saturated heterocycles. The molecule has 0 radical (unpaired) electrons. The van der Waals surface area contributed by atoms with Crippen LogP contribution in [-0.2, 0) is 0 Å². The fourth-order valence-corrected chi connectivity index (χ4v) is 12.7. The van der Waals surface area contributed by atoms with Crippen molar-refractivity contribution in [1.29, 1.82) is 0 Å². The topological polar surface area (TPSA) is 23.0 Å². The predicted octanol–water partition coefficient (Wildman–Crippen LogP) is 12.8. The van der Waals surface area contributed by atoms with Gasteiger partial charge in [0, 0.05) is 32.6 Å². The lowest BCUT2D eigenvalue weighted by Gasteiger charge is -2.35. The Morgan fingerprint density at radius 2 is 0.891 bits per heavy atom. The molecule has 0 unspecified atom stereocenters. The van der Waals surface area contributed by atoms with Crippen molar-refractivity contribution < 1.29 is 35.9 Å². The quantitative estimate of drug-likeness (QED) is 0.116. The molecule has 0 aliphatic rings. The summed E-state index contributed by atoms with van der Waals surface area (Å²) in [6, 6.07) is 6.59. The van der Waals surface area contributed by atoms with E-state index < -0.39 is 185 Å². The fraction of sp³-hybridized carbons (Fsp3) is 0. The molecule has 3 aromatic heterocycles. The summed E-state index contributed by atoms with van der Waals surface area (Å²) in [6.45, 7) is 0. The number of hydrogen-bond donors (Lipinski definition) is 0. The zero-order valence-corrected chi connectivity index (χ0v) is 34.1. The largest absolute Gasteiger partial charge is 0.454 e. The van der Waals surface area contributed by atoms with Crippen LogP contribution in [0, 0.1) is 0 Å². The van der Waals surface area contributed by atoms with Gasteiger partial charge in [-0.15, -0.1) is 0 Å². The molecule has 0 atom stereocenters. The molecule has 0 fully saturated rings. The average molecular weight is 856 g/mol. The SMILES string of the molecule is [2H]c1c([2H])c([2H])c(-c2c([2H])c([2H])c([2H])c([Si](c3c([2H])c([2H])c([2H])c([2H])c3[2H])(c3c([2H])c([2H])c([2H])c([2H])c3[2H])c3c([2H])c([2H])c(-n4c5ccccc5c5cc(-n6c7ccccc7c7ccccc76)c6oc7ccccc7c6c54)c([2H])c3[2H])c2[2H])c([2H])c1[2H]. The van der Waals surface area contributed by atoms with Crippen LogP contribution in [0.15, 0.2) is 247 Å². The third kappa shape index (κ3) is 5.33. The van der Waals surface area contributed by atoms with Crippen molar-refractivity contribution >= 4 is 94.4 Å². The van der Waals surface area contributed by atoms with Crippen molar-refractivity contribution in [3.8, 4) is 22.5 Å². The van der Waals surface area contributed by atoms with Crippen LogP contribution in [0.1, 0.15) is 31.5 Å². The highest BCUT2D eigenvalue weighted by molar-refractivity contribution is 7.19. The molecule has 0 bridgehead atoms. The van der Waals surface area contributed by atoms with E-state index in [-0.39, 0.29) is 0 Å². The van der Waals surface area contributed by atoms with E-state index in [2.05, 4.69) is 4.57 Å².